The molecule has 0 aliphatic rings. The van der Waals surface area contributed by atoms with Crippen LogP contribution in [0.2, 0.25) is 0 Å². The summed E-state index contributed by atoms with van der Waals surface area (Å²) >= 11 is 3.45. The van der Waals surface area contributed by atoms with Gasteiger partial charge < -0.3 is 5.32 Å². The highest BCUT2D eigenvalue weighted by Crippen LogP contribution is 2.36. The SMILES string of the molecule is CCNC(c1cc2ccc(F)cc2s1)c1sccc1C. The first kappa shape index (κ1) is 13.7. The first-order valence-corrected chi connectivity index (χ1v) is 8.35. The fourth-order valence-corrected chi connectivity index (χ4v) is 4.64. The summed E-state index contributed by atoms with van der Waals surface area (Å²) in [6.07, 6.45) is 0. The van der Waals surface area contributed by atoms with Crippen molar-refractivity contribution >= 4 is 32.8 Å². The average molecular weight is 305 g/mol. The molecule has 1 nitrogen and oxygen atoms in total. The van der Waals surface area contributed by atoms with Crippen molar-refractivity contribution in [3.63, 3.8) is 0 Å². The number of halogens is 1. The van der Waals surface area contributed by atoms with E-state index in [0.29, 0.717) is 0 Å². The van der Waals surface area contributed by atoms with E-state index in [1.807, 2.05) is 6.07 Å². The van der Waals surface area contributed by atoms with Crippen LogP contribution in [0.1, 0.15) is 28.3 Å². The van der Waals surface area contributed by atoms with Crippen molar-refractivity contribution in [3.05, 3.63) is 56.8 Å². The second kappa shape index (κ2) is 5.64. The zero-order valence-corrected chi connectivity index (χ0v) is 13.1. The fourth-order valence-electron chi connectivity index (χ4n) is 2.37. The molecule has 1 unspecified atom stereocenters. The molecule has 1 aromatic carbocycles. The second-order valence-corrected chi connectivity index (χ2v) is 6.85. The van der Waals surface area contributed by atoms with Gasteiger partial charge in [0.25, 0.3) is 0 Å². The third kappa shape index (κ3) is 2.51. The van der Waals surface area contributed by atoms with Crippen LogP contribution in [0, 0.1) is 12.7 Å². The van der Waals surface area contributed by atoms with Crippen LogP contribution in [-0.4, -0.2) is 6.54 Å². The van der Waals surface area contributed by atoms with Crippen LogP contribution in [0.25, 0.3) is 10.1 Å². The Labute approximate surface area is 126 Å². The van der Waals surface area contributed by atoms with Gasteiger partial charge in [-0.25, -0.2) is 4.39 Å². The molecule has 0 saturated heterocycles. The number of rotatable bonds is 4. The van der Waals surface area contributed by atoms with Crippen molar-refractivity contribution < 1.29 is 4.39 Å². The Bertz CT molecular complexity index is 729. The first-order chi connectivity index (χ1) is 9.69. The Morgan fingerprint density at radius 3 is 2.80 bits per heavy atom. The molecule has 104 valence electrons. The predicted octanol–water partition coefficient (Wildman–Crippen LogP) is 5.11. The monoisotopic (exact) mass is 305 g/mol. The molecule has 0 aliphatic heterocycles. The Morgan fingerprint density at radius 2 is 2.10 bits per heavy atom. The molecule has 2 aromatic heterocycles. The van der Waals surface area contributed by atoms with E-state index in [2.05, 4.69) is 36.7 Å². The van der Waals surface area contributed by atoms with Crippen LogP contribution < -0.4 is 5.32 Å². The van der Waals surface area contributed by atoms with Gasteiger partial charge in [0.05, 0.1) is 6.04 Å². The first-order valence-electron chi connectivity index (χ1n) is 6.65. The highest BCUT2D eigenvalue weighted by molar-refractivity contribution is 7.19. The van der Waals surface area contributed by atoms with Crippen LogP contribution in [0.5, 0.6) is 0 Å². The van der Waals surface area contributed by atoms with Gasteiger partial charge in [0, 0.05) is 14.5 Å². The molecule has 1 N–H and O–H groups in total. The Morgan fingerprint density at radius 1 is 1.25 bits per heavy atom. The Kier molecular flexibility index (Phi) is 3.87. The second-order valence-electron chi connectivity index (χ2n) is 4.79. The molecule has 3 rings (SSSR count). The molecule has 2 heterocycles. The Balaban J connectivity index is 2.07. The molecule has 20 heavy (non-hydrogen) atoms. The van der Waals surface area contributed by atoms with Crippen molar-refractivity contribution in [1.82, 2.24) is 5.32 Å². The molecular formula is C16H16FNS2. The van der Waals surface area contributed by atoms with Gasteiger partial charge in [0.2, 0.25) is 0 Å². The highest BCUT2D eigenvalue weighted by atomic mass is 32.1. The van der Waals surface area contributed by atoms with Crippen LogP contribution >= 0.6 is 22.7 Å². The minimum Gasteiger partial charge on any atom is -0.305 e. The molecule has 0 fully saturated rings. The van der Waals surface area contributed by atoms with Crippen LogP contribution in [0.15, 0.2) is 35.7 Å². The average Bonchev–Trinajstić information content (AvgIpc) is 3.01. The lowest BCUT2D eigenvalue weighted by atomic mass is 10.1. The van der Waals surface area contributed by atoms with Gasteiger partial charge in [-0.1, -0.05) is 13.0 Å². The zero-order valence-electron chi connectivity index (χ0n) is 11.4. The summed E-state index contributed by atoms with van der Waals surface area (Å²) in [5.74, 6) is -0.168. The summed E-state index contributed by atoms with van der Waals surface area (Å²) in [5.41, 5.74) is 1.31. The molecule has 4 heteroatoms. The summed E-state index contributed by atoms with van der Waals surface area (Å²) in [4.78, 5) is 2.59. The summed E-state index contributed by atoms with van der Waals surface area (Å²) in [5, 5.41) is 6.79. The predicted molar refractivity (Wildman–Crippen MR) is 86.4 cm³/mol. The normalized spacial score (nSPS) is 12.9. The molecule has 0 saturated carbocycles. The molecule has 0 aliphatic carbocycles. The summed E-state index contributed by atoms with van der Waals surface area (Å²) in [7, 11) is 0. The number of hydrogen-bond acceptors (Lipinski definition) is 3. The maximum atomic E-state index is 13.3. The van der Waals surface area contributed by atoms with Gasteiger partial charge in [-0.2, -0.15) is 0 Å². The van der Waals surface area contributed by atoms with Crippen molar-refractivity contribution in [2.75, 3.05) is 6.54 Å². The van der Waals surface area contributed by atoms with Gasteiger partial charge in [-0.3, -0.25) is 0 Å². The van der Waals surface area contributed by atoms with Crippen molar-refractivity contribution in [3.8, 4) is 0 Å². The van der Waals surface area contributed by atoms with Crippen molar-refractivity contribution in [1.29, 1.82) is 0 Å². The van der Waals surface area contributed by atoms with E-state index in [0.717, 1.165) is 16.6 Å². The highest BCUT2D eigenvalue weighted by Gasteiger charge is 2.19. The van der Waals surface area contributed by atoms with E-state index in [1.54, 1.807) is 28.7 Å². The zero-order chi connectivity index (χ0) is 14.1. The lowest BCUT2D eigenvalue weighted by molar-refractivity contribution is 0.630. The van der Waals surface area contributed by atoms with Crippen molar-refractivity contribution in [2.45, 2.75) is 19.9 Å². The molecular weight excluding hydrogens is 289 g/mol. The van der Waals surface area contributed by atoms with Crippen LogP contribution in [0.4, 0.5) is 4.39 Å². The maximum absolute atomic E-state index is 13.3. The lowest BCUT2D eigenvalue weighted by Crippen LogP contribution is -2.20. The number of thiophene rings is 2. The van der Waals surface area contributed by atoms with E-state index < -0.39 is 0 Å². The number of hydrogen-bond donors (Lipinski definition) is 1. The largest absolute Gasteiger partial charge is 0.305 e. The third-order valence-electron chi connectivity index (χ3n) is 3.36. The molecule has 3 aromatic rings. The fraction of sp³-hybridized carbons (Fsp3) is 0.250. The molecule has 0 amide bonds. The number of aryl methyl sites for hydroxylation is 1. The quantitative estimate of drug-likeness (QED) is 0.706. The van der Waals surface area contributed by atoms with Crippen molar-refractivity contribution in [2.24, 2.45) is 0 Å². The standard InChI is InChI=1S/C16H16FNS2/c1-3-18-15(16-10(2)6-7-19-16)14-8-11-4-5-12(17)9-13(11)20-14/h4-9,15,18H,3H2,1-2H3. The smallest absolute Gasteiger partial charge is 0.124 e. The number of benzene rings is 1. The number of nitrogens with one attached hydrogen (secondary N) is 1. The Hall–Kier alpha value is -1.23. The van der Waals surface area contributed by atoms with Gasteiger partial charge >= 0.3 is 0 Å². The maximum Gasteiger partial charge on any atom is 0.124 e. The van der Waals surface area contributed by atoms with E-state index in [9.17, 15) is 4.39 Å². The van der Waals surface area contributed by atoms with E-state index in [-0.39, 0.29) is 11.9 Å². The van der Waals surface area contributed by atoms with Gasteiger partial charge in [0.15, 0.2) is 0 Å². The molecule has 0 radical (unpaired) electrons. The minimum atomic E-state index is -0.168. The molecule has 0 spiro atoms. The van der Waals surface area contributed by atoms with E-state index >= 15 is 0 Å². The topological polar surface area (TPSA) is 12.0 Å². The summed E-state index contributed by atoms with van der Waals surface area (Å²) in [6, 6.07) is 9.53. The van der Waals surface area contributed by atoms with Gasteiger partial charge in [-0.15, -0.1) is 22.7 Å². The molecule has 1 atom stereocenters. The number of fused-ring (bicyclic) bond motifs is 1. The summed E-state index contributed by atoms with van der Waals surface area (Å²) in [6.45, 7) is 5.16. The third-order valence-corrected chi connectivity index (χ3v) is 5.60. The van der Waals surface area contributed by atoms with Gasteiger partial charge in [0.1, 0.15) is 5.82 Å². The van der Waals surface area contributed by atoms with Crippen LogP contribution in [0.3, 0.4) is 0 Å². The van der Waals surface area contributed by atoms with Gasteiger partial charge in [-0.05, 0) is 54.1 Å². The van der Waals surface area contributed by atoms with E-state index in [4.69, 9.17) is 0 Å². The van der Waals surface area contributed by atoms with Crippen LogP contribution in [-0.2, 0) is 0 Å². The lowest BCUT2D eigenvalue weighted by Gasteiger charge is -2.16. The molecule has 0 bridgehead atoms. The van der Waals surface area contributed by atoms with E-state index in [1.165, 1.54) is 21.4 Å². The summed E-state index contributed by atoms with van der Waals surface area (Å²) < 4.78 is 14.3. The minimum absolute atomic E-state index is 0.168.